The lowest BCUT2D eigenvalue weighted by atomic mass is 10.2. The molecule has 70 valence electrons. The largest absolute Gasteiger partial charge is 0.237 e. The Morgan fingerprint density at radius 1 is 1.21 bits per heavy atom. The van der Waals surface area contributed by atoms with E-state index in [1.54, 1.807) is 18.3 Å². The Bertz CT molecular complexity index is 411. The zero-order valence-corrected chi connectivity index (χ0v) is 7.74. The summed E-state index contributed by atoms with van der Waals surface area (Å²) >= 11 is 0. The molecule has 2 rings (SSSR count). The van der Waals surface area contributed by atoms with E-state index >= 15 is 0 Å². The number of aryl methyl sites for hydroxylation is 1. The van der Waals surface area contributed by atoms with Crippen molar-refractivity contribution in [3.05, 3.63) is 48.0 Å². The van der Waals surface area contributed by atoms with E-state index in [-0.39, 0.29) is 5.82 Å². The molecule has 0 saturated heterocycles. The van der Waals surface area contributed by atoms with Crippen molar-refractivity contribution >= 4 is 0 Å². The molecule has 0 radical (unpaired) electrons. The van der Waals surface area contributed by atoms with Gasteiger partial charge in [0.25, 0.3) is 0 Å². The summed E-state index contributed by atoms with van der Waals surface area (Å²) in [6.45, 7) is 1.88. The Balaban J connectivity index is 2.49. The van der Waals surface area contributed by atoms with Gasteiger partial charge in [-0.25, -0.2) is 14.4 Å². The van der Waals surface area contributed by atoms with E-state index in [0.29, 0.717) is 11.4 Å². The molecule has 2 nitrogen and oxygen atoms in total. The summed E-state index contributed by atoms with van der Waals surface area (Å²) < 4.78 is 12.9. The summed E-state index contributed by atoms with van der Waals surface area (Å²) in [6, 6.07) is 8.07. The van der Waals surface area contributed by atoms with Crippen LogP contribution in [0.25, 0.3) is 11.4 Å². The molecule has 14 heavy (non-hydrogen) atoms. The second-order valence-electron chi connectivity index (χ2n) is 3.03. The Morgan fingerprint density at radius 3 is 2.79 bits per heavy atom. The molecular weight excluding hydrogens is 179 g/mol. The predicted octanol–water partition coefficient (Wildman–Crippen LogP) is 2.59. The second kappa shape index (κ2) is 3.54. The topological polar surface area (TPSA) is 25.8 Å². The Labute approximate surface area is 81.5 Å². The summed E-state index contributed by atoms with van der Waals surface area (Å²) in [5, 5.41) is 0. The van der Waals surface area contributed by atoms with Gasteiger partial charge in [0.15, 0.2) is 5.82 Å². The number of rotatable bonds is 1. The molecule has 0 N–H and O–H groups in total. The first kappa shape index (κ1) is 8.81. The molecule has 2 aromatic rings. The number of aromatic nitrogens is 2. The Kier molecular flexibility index (Phi) is 2.23. The number of hydrogen-bond donors (Lipinski definition) is 0. The first-order valence-electron chi connectivity index (χ1n) is 4.31. The van der Waals surface area contributed by atoms with Crippen LogP contribution in [0.15, 0.2) is 36.5 Å². The lowest BCUT2D eigenvalue weighted by Crippen LogP contribution is -1.90. The monoisotopic (exact) mass is 188 g/mol. The molecule has 0 spiro atoms. The van der Waals surface area contributed by atoms with E-state index in [0.717, 1.165) is 5.69 Å². The first-order valence-corrected chi connectivity index (χ1v) is 4.31. The Morgan fingerprint density at radius 2 is 2.07 bits per heavy atom. The van der Waals surface area contributed by atoms with Crippen molar-refractivity contribution in [3.8, 4) is 11.4 Å². The zero-order chi connectivity index (χ0) is 9.97. The van der Waals surface area contributed by atoms with Crippen LogP contribution in [0.5, 0.6) is 0 Å². The van der Waals surface area contributed by atoms with Crippen LogP contribution < -0.4 is 0 Å². The van der Waals surface area contributed by atoms with Gasteiger partial charge in [0.1, 0.15) is 5.82 Å². The average molecular weight is 188 g/mol. The molecule has 1 aromatic heterocycles. The second-order valence-corrected chi connectivity index (χ2v) is 3.03. The van der Waals surface area contributed by atoms with Gasteiger partial charge in [-0.05, 0) is 25.1 Å². The lowest BCUT2D eigenvalue weighted by molar-refractivity contribution is 0.628. The van der Waals surface area contributed by atoms with Crippen molar-refractivity contribution in [2.24, 2.45) is 0 Å². The molecule has 0 bridgehead atoms. The minimum absolute atomic E-state index is 0.271. The van der Waals surface area contributed by atoms with Crippen molar-refractivity contribution in [3.63, 3.8) is 0 Å². The number of benzene rings is 1. The maximum Gasteiger partial charge on any atom is 0.159 e. The summed E-state index contributed by atoms with van der Waals surface area (Å²) in [5.74, 6) is 0.289. The fourth-order valence-corrected chi connectivity index (χ4v) is 1.22. The van der Waals surface area contributed by atoms with Gasteiger partial charge in [0.2, 0.25) is 0 Å². The molecule has 0 aliphatic rings. The average Bonchev–Trinajstić information content (AvgIpc) is 2.18. The van der Waals surface area contributed by atoms with Gasteiger partial charge in [-0.2, -0.15) is 0 Å². The fraction of sp³-hybridized carbons (Fsp3) is 0.0909. The van der Waals surface area contributed by atoms with E-state index in [1.165, 1.54) is 12.1 Å². The molecule has 0 saturated carbocycles. The smallest absolute Gasteiger partial charge is 0.159 e. The van der Waals surface area contributed by atoms with Crippen molar-refractivity contribution in [1.82, 2.24) is 9.97 Å². The fourth-order valence-electron chi connectivity index (χ4n) is 1.22. The first-order chi connectivity index (χ1) is 6.75. The van der Waals surface area contributed by atoms with Crippen LogP contribution in [0.1, 0.15) is 5.69 Å². The van der Waals surface area contributed by atoms with Crippen molar-refractivity contribution < 1.29 is 4.39 Å². The molecule has 0 unspecified atom stereocenters. The van der Waals surface area contributed by atoms with Gasteiger partial charge < -0.3 is 0 Å². The van der Waals surface area contributed by atoms with E-state index in [1.807, 2.05) is 13.0 Å². The molecule has 1 aromatic carbocycles. The van der Waals surface area contributed by atoms with E-state index in [4.69, 9.17) is 0 Å². The van der Waals surface area contributed by atoms with Gasteiger partial charge in [-0.15, -0.1) is 0 Å². The van der Waals surface area contributed by atoms with Crippen LogP contribution in [0.3, 0.4) is 0 Å². The minimum Gasteiger partial charge on any atom is -0.237 e. The molecule has 0 atom stereocenters. The summed E-state index contributed by atoms with van der Waals surface area (Å²) in [6.07, 6.45) is 1.67. The molecule has 3 heteroatoms. The van der Waals surface area contributed by atoms with Crippen LogP contribution in [-0.4, -0.2) is 9.97 Å². The van der Waals surface area contributed by atoms with Crippen LogP contribution in [0, 0.1) is 12.7 Å². The summed E-state index contributed by atoms with van der Waals surface area (Å²) in [5.41, 5.74) is 1.58. The van der Waals surface area contributed by atoms with Crippen LogP contribution in [-0.2, 0) is 0 Å². The van der Waals surface area contributed by atoms with E-state index < -0.39 is 0 Å². The quantitative estimate of drug-likeness (QED) is 0.687. The van der Waals surface area contributed by atoms with Crippen molar-refractivity contribution in [2.45, 2.75) is 6.92 Å². The zero-order valence-electron chi connectivity index (χ0n) is 7.74. The highest BCUT2D eigenvalue weighted by Gasteiger charge is 2.01. The van der Waals surface area contributed by atoms with E-state index in [9.17, 15) is 4.39 Å². The van der Waals surface area contributed by atoms with Gasteiger partial charge in [-0.1, -0.05) is 12.1 Å². The molecule has 0 amide bonds. The van der Waals surface area contributed by atoms with Crippen LogP contribution in [0.2, 0.25) is 0 Å². The molecule has 1 heterocycles. The van der Waals surface area contributed by atoms with Crippen LogP contribution in [0.4, 0.5) is 4.39 Å². The van der Waals surface area contributed by atoms with Gasteiger partial charge in [-0.3, -0.25) is 0 Å². The third kappa shape index (κ3) is 1.76. The normalized spacial score (nSPS) is 10.1. The highest BCUT2D eigenvalue weighted by atomic mass is 19.1. The predicted molar refractivity (Wildman–Crippen MR) is 52.2 cm³/mol. The van der Waals surface area contributed by atoms with Crippen molar-refractivity contribution in [1.29, 1.82) is 0 Å². The lowest BCUT2D eigenvalue weighted by Gasteiger charge is -2.00. The van der Waals surface area contributed by atoms with Gasteiger partial charge in [0, 0.05) is 17.5 Å². The third-order valence-corrected chi connectivity index (χ3v) is 1.88. The van der Waals surface area contributed by atoms with E-state index in [2.05, 4.69) is 9.97 Å². The maximum absolute atomic E-state index is 12.9. The molecular formula is C11H9FN2. The van der Waals surface area contributed by atoms with Gasteiger partial charge >= 0.3 is 0 Å². The highest BCUT2D eigenvalue weighted by Crippen LogP contribution is 2.15. The molecule has 0 aliphatic heterocycles. The molecule has 0 fully saturated rings. The maximum atomic E-state index is 12.9. The number of halogens is 1. The minimum atomic E-state index is -0.271. The summed E-state index contributed by atoms with van der Waals surface area (Å²) in [4.78, 5) is 8.28. The number of nitrogens with zero attached hydrogens (tertiary/aromatic N) is 2. The standard InChI is InChI=1S/C11H9FN2/c1-8-5-6-13-11(14-8)9-3-2-4-10(12)7-9/h2-7H,1H3. The summed E-state index contributed by atoms with van der Waals surface area (Å²) in [7, 11) is 0. The highest BCUT2D eigenvalue weighted by molar-refractivity contribution is 5.54. The number of hydrogen-bond acceptors (Lipinski definition) is 2. The molecule has 0 aliphatic carbocycles. The van der Waals surface area contributed by atoms with Crippen molar-refractivity contribution in [2.75, 3.05) is 0 Å². The van der Waals surface area contributed by atoms with Crippen LogP contribution >= 0.6 is 0 Å². The third-order valence-electron chi connectivity index (χ3n) is 1.88. The Hall–Kier alpha value is -1.77. The SMILES string of the molecule is Cc1ccnc(-c2cccc(F)c2)n1. The van der Waals surface area contributed by atoms with Gasteiger partial charge in [0.05, 0.1) is 0 Å².